The fourth-order valence-electron chi connectivity index (χ4n) is 3.15. The van der Waals surface area contributed by atoms with Crippen molar-refractivity contribution >= 4 is 6.21 Å². The summed E-state index contributed by atoms with van der Waals surface area (Å²) < 4.78 is 5.25. The molecule has 0 saturated carbocycles. The third kappa shape index (κ3) is 4.83. The van der Waals surface area contributed by atoms with Crippen LogP contribution in [0.4, 0.5) is 0 Å². The van der Waals surface area contributed by atoms with Crippen molar-refractivity contribution in [3.8, 4) is 5.75 Å². The summed E-state index contributed by atoms with van der Waals surface area (Å²) in [7, 11) is 1.69. The minimum Gasteiger partial charge on any atom is -0.497 e. The van der Waals surface area contributed by atoms with Crippen molar-refractivity contribution in [3.63, 3.8) is 0 Å². The summed E-state index contributed by atoms with van der Waals surface area (Å²) in [6.45, 7) is 9.40. The Morgan fingerprint density at radius 1 is 1.04 bits per heavy atom. The first-order valence-corrected chi connectivity index (χ1v) is 8.85. The van der Waals surface area contributed by atoms with Crippen molar-refractivity contribution in [2.24, 2.45) is 5.10 Å². The van der Waals surface area contributed by atoms with Crippen molar-refractivity contribution in [2.75, 3.05) is 33.3 Å². The molecule has 1 heterocycles. The van der Waals surface area contributed by atoms with Crippen LogP contribution < -0.4 is 4.74 Å². The second-order valence-electron chi connectivity index (χ2n) is 6.68. The Hall–Kier alpha value is -2.33. The molecule has 0 atom stereocenters. The van der Waals surface area contributed by atoms with E-state index in [1.807, 2.05) is 30.5 Å². The molecule has 0 amide bonds. The summed E-state index contributed by atoms with van der Waals surface area (Å²) in [4.78, 5) is 2.51. The predicted octanol–water partition coefficient (Wildman–Crippen LogP) is 3.46. The van der Waals surface area contributed by atoms with E-state index >= 15 is 0 Å². The molecule has 0 aromatic heterocycles. The number of ether oxygens (including phenoxy) is 1. The molecule has 2 aromatic rings. The van der Waals surface area contributed by atoms with Crippen molar-refractivity contribution in [2.45, 2.75) is 20.4 Å². The van der Waals surface area contributed by atoms with E-state index in [4.69, 9.17) is 4.74 Å². The molecular formula is C21H27N3O. The molecule has 0 bridgehead atoms. The zero-order chi connectivity index (χ0) is 17.6. The standard InChI is InChI=1S/C21H27N3O/c1-17-7-8-20(18(2)13-17)16-23-9-11-24(12-10-23)22-15-19-5-4-6-21(14-19)25-3/h4-8,13-15H,9-12,16H2,1-3H3/b22-15+. The van der Waals surface area contributed by atoms with Crippen LogP contribution in [0.3, 0.4) is 0 Å². The second-order valence-corrected chi connectivity index (χ2v) is 6.68. The van der Waals surface area contributed by atoms with Gasteiger partial charge in [0.2, 0.25) is 0 Å². The lowest BCUT2D eigenvalue weighted by atomic mass is 10.1. The average molecular weight is 337 g/mol. The molecule has 0 aliphatic carbocycles. The minimum atomic E-state index is 0.863. The van der Waals surface area contributed by atoms with Crippen LogP contribution in [0.1, 0.15) is 22.3 Å². The Balaban J connectivity index is 1.52. The predicted molar refractivity (Wildman–Crippen MR) is 103 cm³/mol. The highest BCUT2D eigenvalue weighted by Gasteiger charge is 2.16. The number of nitrogens with zero attached hydrogens (tertiary/aromatic N) is 3. The number of piperazine rings is 1. The summed E-state index contributed by atoms with van der Waals surface area (Å²) >= 11 is 0. The largest absolute Gasteiger partial charge is 0.497 e. The van der Waals surface area contributed by atoms with Crippen LogP contribution in [0.2, 0.25) is 0 Å². The Kier molecular flexibility index (Phi) is 5.71. The summed E-state index contributed by atoms with van der Waals surface area (Å²) in [6.07, 6.45) is 1.92. The van der Waals surface area contributed by atoms with Gasteiger partial charge in [-0.3, -0.25) is 9.91 Å². The molecule has 4 heteroatoms. The Labute approximate surface area is 150 Å². The highest BCUT2D eigenvalue weighted by molar-refractivity contribution is 5.79. The molecular weight excluding hydrogens is 310 g/mol. The van der Waals surface area contributed by atoms with Gasteiger partial charge in [-0.05, 0) is 42.7 Å². The SMILES string of the molecule is COc1cccc(/C=N/N2CCN(Cc3ccc(C)cc3C)CC2)c1. The molecule has 0 radical (unpaired) electrons. The van der Waals surface area contributed by atoms with Crippen LogP contribution in [0.5, 0.6) is 5.75 Å². The van der Waals surface area contributed by atoms with E-state index in [2.05, 4.69) is 47.1 Å². The lowest BCUT2D eigenvalue weighted by Crippen LogP contribution is -2.43. The van der Waals surface area contributed by atoms with E-state index in [9.17, 15) is 0 Å². The molecule has 3 rings (SSSR count). The minimum absolute atomic E-state index is 0.863. The van der Waals surface area contributed by atoms with Gasteiger partial charge in [0.15, 0.2) is 0 Å². The number of hydrogen-bond donors (Lipinski definition) is 0. The molecule has 25 heavy (non-hydrogen) atoms. The van der Waals surface area contributed by atoms with Gasteiger partial charge < -0.3 is 4.74 Å². The smallest absolute Gasteiger partial charge is 0.119 e. The fourth-order valence-corrected chi connectivity index (χ4v) is 3.15. The van der Waals surface area contributed by atoms with Gasteiger partial charge in [-0.25, -0.2) is 0 Å². The van der Waals surface area contributed by atoms with Gasteiger partial charge in [-0.15, -0.1) is 0 Å². The van der Waals surface area contributed by atoms with Gasteiger partial charge in [-0.2, -0.15) is 5.10 Å². The van der Waals surface area contributed by atoms with Gasteiger partial charge in [0.05, 0.1) is 13.3 Å². The molecule has 1 aliphatic rings. The third-order valence-corrected chi connectivity index (χ3v) is 4.70. The summed E-state index contributed by atoms with van der Waals surface area (Å²) in [6, 6.07) is 14.7. The number of hydrogen-bond acceptors (Lipinski definition) is 4. The van der Waals surface area contributed by atoms with Gasteiger partial charge in [0, 0.05) is 32.7 Å². The summed E-state index contributed by atoms with van der Waals surface area (Å²) in [5.74, 6) is 0.863. The van der Waals surface area contributed by atoms with Crippen LogP contribution in [0.15, 0.2) is 47.6 Å². The molecule has 1 fully saturated rings. The average Bonchev–Trinajstić information content (AvgIpc) is 2.63. The number of benzene rings is 2. The quantitative estimate of drug-likeness (QED) is 0.782. The van der Waals surface area contributed by atoms with Crippen molar-refractivity contribution in [1.82, 2.24) is 9.91 Å². The molecule has 4 nitrogen and oxygen atoms in total. The van der Waals surface area contributed by atoms with Crippen LogP contribution >= 0.6 is 0 Å². The topological polar surface area (TPSA) is 28.1 Å². The summed E-state index contributed by atoms with van der Waals surface area (Å²) in [5, 5.41) is 6.78. The van der Waals surface area contributed by atoms with E-state index in [0.717, 1.165) is 44.0 Å². The number of methoxy groups -OCH3 is 1. The van der Waals surface area contributed by atoms with Crippen LogP contribution in [0, 0.1) is 13.8 Å². The van der Waals surface area contributed by atoms with Crippen LogP contribution in [-0.2, 0) is 6.54 Å². The molecule has 1 aliphatic heterocycles. The highest BCUT2D eigenvalue weighted by Crippen LogP contribution is 2.15. The highest BCUT2D eigenvalue weighted by atomic mass is 16.5. The second kappa shape index (κ2) is 8.17. The molecule has 1 saturated heterocycles. The number of aryl methyl sites for hydroxylation is 2. The van der Waals surface area contributed by atoms with Gasteiger partial charge >= 0.3 is 0 Å². The van der Waals surface area contributed by atoms with Crippen molar-refractivity contribution < 1.29 is 4.74 Å². The van der Waals surface area contributed by atoms with Gasteiger partial charge in [0.25, 0.3) is 0 Å². The maximum absolute atomic E-state index is 5.25. The van der Waals surface area contributed by atoms with E-state index in [1.54, 1.807) is 7.11 Å². The van der Waals surface area contributed by atoms with E-state index in [1.165, 1.54) is 16.7 Å². The monoisotopic (exact) mass is 337 g/mol. The Morgan fingerprint density at radius 3 is 2.56 bits per heavy atom. The molecule has 132 valence electrons. The van der Waals surface area contributed by atoms with Crippen molar-refractivity contribution in [3.05, 3.63) is 64.7 Å². The van der Waals surface area contributed by atoms with E-state index in [0.29, 0.717) is 0 Å². The van der Waals surface area contributed by atoms with E-state index in [-0.39, 0.29) is 0 Å². The van der Waals surface area contributed by atoms with Crippen molar-refractivity contribution in [1.29, 1.82) is 0 Å². The number of hydrazone groups is 1. The number of rotatable bonds is 5. The first kappa shape index (κ1) is 17.5. The molecule has 2 aromatic carbocycles. The normalized spacial score (nSPS) is 15.7. The molecule has 0 spiro atoms. The first-order valence-electron chi connectivity index (χ1n) is 8.85. The van der Waals surface area contributed by atoms with Gasteiger partial charge in [-0.1, -0.05) is 35.9 Å². The molecule has 0 N–H and O–H groups in total. The van der Waals surface area contributed by atoms with Crippen LogP contribution in [-0.4, -0.2) is 49.4 Å². The lowest BCUT2D eigenvalue weighted by Gasteiger charge is -2.33. The van der Waals surface area contributed by atoms with E-state index < -0.39 is 0 Å². The Bertz CT molecular complexity index is 734. The van der Waals surface area contributed by atoms with Crippen LogP contribution in [0.25, 0.3) is 0 Å². The Morgan fingerprint density at radius 2 is 1.84 bits per heavy atom. The van der Waals surface area contributed by atoms with Gasteiger partial charge in [0.1, 0.15) is 5.75 Å². The first-order chi connectivity index (χ1) is 12.1. The fraction of sp³-hybridized carbons (Fsp3) is 0.381. The molecule has 0 unspecified atom stereocenters. The maximum Gasteiger partial charge on any atom is 0.119 e. The third-order valence-electron chi connectivity index (χ3n) is 4.70. The lowest BCUT2D eigenvalue weighted by molar-refractivity contribution is 0.131. The zero-order valence-corrected chi connectivity index (χ0v) is 15.4. The summed E-state index contributed by atoms with van der Waals surface area (Å²) in [5.41, 5.74) is 5.22. The maximum atomic E-state index is 5.25. The zero-order valence-electron chi connectivity index (χ0n) is 15.4.